The molecule has 0 bridgehead atoms. The molecule has 0 unspecified atom stereocenters. The second-order valence-electron chi connectivity index (χ2n) is 4.77. The third-order valence-corrected chi connectivity index (χ3v) is 4.13. The van der Waals surface area contributed by atoms with Crippen LogP contribution < -0.4 is 5.32 Å². The Labute approximate surface area is 118 Å². The summed E-state index contributed by atoms with van der Waals surface area (Å²) in [6, 6.07) is 0. The van der Waals surface area contributed by atoms with Crippen molar-refractivity contribution in [2.75, 3.05) is 13.1 Å². The van der Waals surface area contributed by atoms with Crippen molar-refractivity contribution in [1.82, 2.24) is 20.1 Å². The number of aromatic nitrogens is 3. The molecular weight excluding hydrogens is 256 g/mol. The zero-order valence-electron chi connectivity index (χ0n) is 12.2. The maximum atomic E-state index is 4.65. The molecule has 0 amide bonds. The Morgan fingerprint density at radius 3 is 2.74 bits per heavy atom. The molecule has 0 atom stereocenters. The van der Waals surface area contributed by atoms with Crippen LogP contribution in [-0.4, -0.2) is 27.9 Å². The third-order valence-electron chi connectivity index (χ3n) is 3.31. The molecule has 0 aliphatic carbocycles. The predicted molar refractivity (Wildman–Crippen MR) is 79.9 cm³/mol. The Kier molecular flexibility index (Phi) is 4.71. The lowest BCUT2D eigenvalue weighted by Gasteiger charge is -2.04. The highest BCUT2D eigenvalue weighted by molar-refractivity contribution is 7.09. The molecule has 0 saturated carbocycles. The number of likely N-dealkylation sites (N-methyl/N-ethyl adjacent to an activating group) is 1. The number of nitrogens with zero attached hydrogens (tertiary/aromatic N) is 3. The van der Waals surface area contributed by atoms with E-state index < -0.39 is 0 Å². The Balaban J connectivity index is 2.11. The molecule has 5 heteroatoms. The smallest absolute Gasteiger partial charge is 0.0898 e. The van der Waals surface area contributed by atoms with Gasteiger partial charge in [-0.15, -0.1) is 11.3 Å². The van der Waals surface area contributed by atoms with Gasteiger partial charge in [-0.2, -0.15) is 5.10 Å². The van der Waals surface area contributed by atoms with E-state index in [1.54, 1.807) is 11.3 Å². The molecule has 0 saturated heterocycles. The Morgan fingerprint density at radius 2 is 2.11 bits per heavy atom. The lowest BCUT2D eigenvalue weighted by Crippen LogP contribution is -2.16. The van der Waals surface area contributed by atoms with Crippen molar-refractivity contribution in [2.45, 2.75) is 40.7 Å². The van der Waals surface area contributed by atoms with Gasteiger partial charge in [0.15, 0.2) is 0 Å². The summed E-state index contributed by atoms with van der Waals surface area (Å²) in [6.07, 6.45) is 1.04. The van der Waals surface area contributed by atoms with E-state index in [2.05, 4.69) is 46.2 Å². The Morgan fingerprint density at radius 1 is 1.32 bits per heavy atom. The van der Waals surface area contributed by atoms with E-state index in [-0.39, 0.29) is 0 Å². The van der Waals surface area contributed by atoms with Crippen LogP contribution in [-0.2, 0) is 13.0 Å². The van der Waals surface area contributed by atoms with E-state index in [1.165, 1.54) is 11.3 Å². The lowest BCUT2D eigenvalue weighted by molar-refractivity contribution is 0.646. The highest BCUT2D eigenvalue weighted by Gasteiger charge is 2.12. The first-order valence-electron chi connectivity index (χ1n) is 6.76. The van der Waals surface area contributed by atoms with Gasteiger partial charge in [0.25, 0.3) is 0 Å². The molecule has 2 aromatic rings. The van der Waals surface area contributed by atoms with Crippen LogP contribution in [0.2, 0.25) is 0 Å². The van der Waals surface area contributed by atoms with Crippen LogP contribution in [0, 0.1) is 20.8 Å². The third kappa shape index (κ3) is 3.42. The van der Waals surface area contributed by atoms with Crippen molar-refractivity contribution in [1.29, 1.82) is 0 Å². The van der Waals surface area contributed by atoms with Crippen LogP contribution in [0.4, 0.5) is 0 Å². The standard InChI is InChI=1S/C14H22N4S/c1-5-15-7-6-14-10(2)17-18(11(14)3)8-13-9-19-12(4)16-13/h9,15H,5-8H2,1-4H3. The number of rotatable bonds is 6. The van der Waals surface area contributed by atoms with E-state index in [9.17, 15) is 0 Å². The van der Waals surface area contributed by atoms with Gasteiger partial charge in [0.05, 0.1) is 22.9 Å². The number of nitrogens with one attached hydrogen (secondary N) is 1. The van der Waals surface area contributed by atoms with Crippen molar-refractivity contribution in [2.24, 2.45) is 0 Å². The lowest BCUT2D eigenvalue weighted by atomic mass is 10.1. The van der Waals surface area contributed by atoms with Crippen molar-refractivity contribution < 1.29 is 0 Å². The first-order chi connectivity index (χ1) is 9.11. The summed E-state index contributed by atoms with van der Waals surface area (Å²) >= 11 is 1.70. The minimum absolute atomic E-state index is 0.776. The van der Waals surface area contributed by atoms with Crippen LogP contribution >= 0.6 is 11.3 Å². The van der Waals surface area contributed by atoms with Gasteiger partial charge in [-0.3, -0.25) is 4.68 Å². The monoisotopic (exact) mass is 278 g/mol. The normalized spacial score (nSPS) is 11.2. The summed E-state index contributed by atoms with van der Waals surface area (Å²) in [5.74, 6) is 0. The highest BCUT2D eigenvalue weighted by Crippen LogP contribution is 2.16. The molecule has 0 spiro atoms. The molecule has 104 valence electrons. The van der Waals surface area contributed by atoms with Gasteiger partial charge in [-0.05, 0) is 45.8 Å². The fraction of sp³-hybridized carbons (Fsp3) is 0.571. The van der Waals surface area contributed by atoms with E-state index in [0.29, 0.717) is 0 Å². The van der Waals surface area contributed by atoms with E-state index in [0.717, 1.165) is 42.5 Å². The van der Waals surface area contributed by atoms with Crippen LogP contribution in [0.3, 0.4) is 0 Å². The minimum atomic E-state index is 0.776. The molecule has 2 rings (SSSR count). The summed E-state index contributed by atoms with van der Waals surface area (Å²) in [4.78, 5) is 4.51. The molecule has 19 heavy (non-hydrogen) atoms. The molecular formula is C14H22N4S. The largest absolute Gasteiger partial charge is 0.317 e. The second kappa shape index (κ2) is 6.30. The summed E-state index contributed by atoms with van der Waals surface area (Å²) in [7, 11) is 0. The fourth-order valence-electron chi connectivity index (χ4n) is 2.27. The van der Waals surface area contributed by atoms with Crippen molar-refractivity contribution in [3.05, 3.63) is 33.0 Å². The zero-order chi connectivity index (χ0) is 13.8. The first-order valence-corrected chi connectivity index (χ1v) is 7.64. The summed E-state index contributed by atoms with van der Waals surface area (Å²) in [6.45, 7) is 11.2. The molecule has 4 nitrogen and oxygen atoms in total. The topological polar surface area (TPSA) is 42.7 Å². The molecule has 1 N–H and O–H groups in total. The van der Waals surface area contributed by atoms with E-state index in [1.807, 2.05) is 6.92 Å². The van der Waals surface area contributed by atoms with Crippen molar-refractivity contribution in [3.63, 3.8) is 0 Å². The minimum Gasteiger partial charge on any atom is -0.317 e. The summed E-state index contributed by atoms with van der Waals surface area (Å²) in [5.41, 5.74) is 4.88. The predicted octanol–water partition coefficient (Wildman–Crippen LogP) is 2.47. The van der Waals surface area contributed by atoms with E-state index >= 15 is 0 Å². The molecule has 2 heterocycles. The van der Waals surface area contributed by atoms with Crippen LogP contribution in [0.5, 0.6) is 0 Å². The van der Waals surface area contributed by atoms with Crippen LogP contribution in [0.15, 0.2) is 5.38 Å². The van der Waals surface area contributed by atoms with Gasteiger partial charge >= 0.3 is 0 Å². The van der Waals surface area contributed by atoms with Gasteiger partial charge in [0, 0.05) is 11.1 Å². The van der Waals surface area contributed by atoms with Crippen molar-refractivity contribution in [3.8, 4) is 0 Å². The van der Waals surface area contributed by atoms with Crippen molar-refractivity contribution >= 4 is 11.3 Å². The molecule has 0 fully saturated rings. The molecule has 0 aromatic carbocycles. The molecule has 0 aliphatic heterocycles. The number of thiazole rings is 1. The average molecular weight is 278 g/mol. The van der Waals surface area contributed by atoms with Gasteiger partial charge in [0.2, 0.25) is 0 Å². The second-order valence-corrected chi connectivity index (χ2v) is 5.83. The van der Waals surface area contributed by atoms with Gasteiger partial charge in [-0.1, -0.05) is 6.92 Å². The van der Waals surface area contributed by atoms with Crippen LogP contribution in [0.25, 0.3) is 0 Å². The Hall–Kier alpha value is -1.20. The quantitative estimate of drug-likeness (QED) is 0.825. The highest BCUT2D eigenvalue weighted by atomic mass is 32.1. The molecule has 0 radical (unpaired) electrons. The summed E-state index contributed by atoms with van der Waals surface area (Å²) in [5, 5.41) is 11.2. The summed E-state index contributed by atoms with van der Waals surface area (Å²) < 4.78 is 2.07. The van der Waals surface area contributed by atoms with Gasteiger partial charge in [-0.25, -0.2) is 4.98 Å². The zero-order valence-corrected chi connectivity index (χ0v) is 13.0. The number of hydrogen-bond acceptors (Lipinski definition) is 4. The Bertz CT molecular complexity index is 542. The first kappa shape index (κ1) is 14.2. The van der Waals surface area contributed by atoms with Crippen LogP contribution in [0.1, 0.15) is 34.6 Å². The average Bonchev–Trinajstić information content (AvgIpc) is 2.88. The maximum absolute atomic E-state index is 4.65. The molecule has 2 aromatic heterocycles. The number of aryl methyl sites for hydroxylation is 2. The van der Waals surface area contributed by atoms with Gasteiger partial charge in [0.1, 0.15) is 0 Å². The van der Waals surface area contributed by atoms with E-state index in [4.69, 9.17) is 0 Å². The molecule has 0 aliphatic rings. The maximum Gasteiger partial charge on any atom is 0.0898 e. The van der Waals surface area contributed by atoms with Gasteiger partial charge < -0.3 is 5.32 Å². The fourth-order valence-corrected chi connectivity index (χ4v) is 2.88. The number of hydrogen-bond donors (Lipinski definition) is 1. The SMILES string of the molecule is CCNCCc1c(C)nn(Cc2csc(C)n2)c1C.